The lowest BCUT2D eigenvalue weighted by molar-refractivity contribution is 0.0953. The van der Waals surface area contributed by atoms with Crippen molar-refractivity contribution in [1.82, 2.24) is 15.3 Å². The van der Waals surface area contributed by atoms with Crippen LogP contribution in [0.25, 0.3) is 0 Å². The lowest BCUT2D eigenvalue weighted by Crippen LogP contribution is -2.23. The molecule has 7 heteroatoms. The molecule has 0 saturated heterocycles. The summed E-state index contributed by atoms with van der Waals surface area (Å²) in [7, 11) is 0. The number of rotatable bonds is 5. The molecule has 2 heterocycles. The Kier molecular flexibility index (Phi) is 4.75. The topological polar surface area (TPSA) is 80.9 Å². The summed E-state index contributed by atoms with van der Waals surface area (Å²) in [5, 5.41) is 3.48. The minimum absolute atomic E-state index is 0.0507. The Morgan fingerprint density at radius 2 is 2.35 bits per heavy atom. The lowest BCUT2D eigenvalue weighted by atomic mass is 10.3. The van der Waals surface area contributed by atoms with E-state index in [0.29, 0.717) is 23.5 Å². The Balaban J connectivity index is 2.03. The van der Waals surface area contributed by atoms with Gasteiger partial charge >= 0.3 is 0 Å². The van der Waals surface area contributed by atoms with Crippen LogP contribution >= 0.6 is 11.3 Å². The zero-order valence-electron chi connectivity index (χ0n) is 11.0. The molecule has 5 nitrogen and oxygen atoms in total. The van der Waals surface area contributed by atoms with Crippen molar-refractivity contribution in [2.24, 2.45) is 5.73 Å². The molecule has 0 aliphatic heterocycles. The van der Waals surface area contributed by atoms with Crippen molar-refractivity contribution in [1.29, 1.82) is 0 Å². The number of amides is 1. The number of thiazole rings is 1. The second-order valence-corrected chi connectivity index (χ2v) is 5.26. The first-order chi connectivity index (χ1) is 9.61. The smallest absolute Gasteiger partial charge is 0.263 e. The fourth-order valence-corrected chi connectivity index (χ4v) is 2.68. The fourth-order valence-electron chi connectivity index (χ4n) is 1.69. The minimum Gasteiger partial charge on any atom is -0.346 e. The molecule has 0 fully saturated rings. The Morgan fingerprint density at radius 1 is 1.55 bits per heavy atom. The molecular weight excluding hydrogens is 279 g/mol. The number of aryl methyl sites for hydroxylation is 1. The van der Waals surface area contributed by atoms with Crippen LogP contribution in [0.2, 0.25) is 0 Å². The molecule has 0 saturated carbocycles. The van der Waals surface area contributed by atoms with Gasteiger partial charge in [-0.15, -0.1) is 11.3 Å². The molecule has 0 unspecified atom stereocenters. The number of carbonyl (C=O) groups excluding carboxylic acids is 1. The van der Waals surface area contributed by atoms with E-state index >= 15 is 0 Å². The molecule has 20 heavy (non-hydrogen) atoms. The van der Waals surface area contributed by atoms with E-state index < -0.39 is 5.82 Å². The van der Waals surface area contributed by atoms with Crippen LogP contribution in [0.4, 0.5) is 4.39 Å². The maximum absolute atomic E-state index is 13.4. The molecule has 0 aliphatic rings. The molecule has 0 bridgehead atoms. The molecule has 0 spiro atoms. The number of aromatic nitrogens is 2. The van der Waals surface area contributed by atoms with Gasteiger partial charge in [-0.2, -0.15) is 0 Å². The molecule has 0 atom stereocenters. The van der Waals surface area contributed by atoms with Crippen molar-refractivity contribution in [2.45, 2.75) is 19.9 Å². The van der Waals surface area contributed by atoms with Gasteiger partial charge in [0.1, 0.15) is 10.7 Å². The molecule has 1 amide bonds. The standard InChI is InChI=1S/C13H15FN4OS/c1-8-12(20-11(18-8)4-5-15)13(19)17-7-10-9(14)3-2-6-16-10/h2-3,6H,4-5,7,15H2,1H3,(H,17,19). The number of nitrogens with one attached hydrogen (secondary N) is 1. The van der Waals surface area contributed by atoms with E-state index in [0.717, 1.165) is 5.01 Å². The molecule has 0 aromatic carbocycles. The van der Waals surface area contributed by atoms with E-state index in [-0.39, 0.29) is 18.1 Å². The second-order valence-electron chi connectivity index (χ2n) is 4.18. The highest BCUT2D eigenvalue weighted by Gasteiger charge is 2.15. The zero-order valence-corrected chi connectivity index (χ0v) is 11.8. The highest BCUT2D eigenvalue weighted by molar-refractivity contribution is 7.13. The van der Waals surface area contributed by atoms with Gasteiger partial charge in [-0.05, 0) is 25.6 Å². The van der Waals surface area contributed by atoms with Crippen molar-refractivity contribution < 1.29 is 9.18 Å². The third-order valence-electron chi connectivity index (χ3n) is 2.66. The maximum atomic E-state index is 13.4. The summed E-state index contributed by atoms with van der Waals surface area (Å²) in [5.74, 6) is -0.703. The Bertz CT molecular complexity index is 614. The summed E-state index contributed by atoms with van der Waals surface area (Å²) in [6.45, 7) is 2.31. The molecule has 0 radical (unpaired) electrons. The van der Waals surface area contributed by atoms with Gasteiger partial charge in [0.15, 0.2) is 0 Å². The molecule has 2 aromatic rings. The van der Waals surface area contributed by atoms with E-state index in [1.165, 1.54) is 29.7 Å². The van der Waals surface area contributed by atoms with E-state index in [2.05, 4.69) is 15.3 Å². The van der Waals surface area contributed by atoms with E-state index in [1.807, 2.05) is 0 Å². The number of hydrogen-bond acceptors (Lipinski definition) is 5. The molecule has 2 rings (SSSR count). The van der Waals surface area contributed by atoms with E-state index in [1.54, 1.807) is 6.92 Å². The Labute approximate surface area is 120 Å². The number of halogens is 1. The van der Waals surface area contributed by atoms with Gasteiger partial charge in [0, 0.05) is 12.6 Å². The van der Waals surface area contributed by atoms with Crippen molar-refractivity contribution in [3.63, 3.8) is 0 Å². The van der Waals surface area contributed by atoms with Crippen LogP contribution in [-0.2, 0) is 13.0 Å². The van der Waals surface area contributed by atoms with Gasteiger partial charge < -0.3 is 11.1 Å². The van der Waals surface area contributed by atoms with Gasteiger partial charge in [0.25, 0.3) is 5.91 Å². The quantitative estimate of drug-likeness (QED) is 0.874. The first kappa shape index (κ1) is 14.5. The summed E-state index contributed by atoms with van der Waals surface area (Å²) >= 11 is 1.31. The van der Waals surface area contributed by atoms with Gasteiger partial charge in [0.2, 0.25) is 0 Å². The molecule has 2 aromatic heterocycles. The van der Waals surface area contributed by atoms with Crippen LogP contribution in [0.1, 0.15) is 26.1 Å². The first-order valence-corrected chi connectivity index (χ1v) is 6.97. The van der Waals surface area contributed by atoms with Crippen molar-refractivity contribution >= 4 is 17.2 Å². The predicted octanol–water partition coefficient (Wildman–Crippen LogP) is 1.42. The largest absolute Gasteiger partial charge is 0.346 e. The average molecular weight is 294 g/mol. The van der Waals surface area contributed by atoms with Crippen molar-refractivity contribution in [3.8, 4) is 0 Å². The number of carbonyl (C=O) groups is 1. The van der Waals surface area contributed by atoms with Gasteiger partial charge in [-0.1, -0.05) is 0 Å². The van der Waals surface area contributed by atoms with Crippen LogP contribution in [0.5, 0.6) is 0 Å². The van der Waals surface area contributed by atoms with Crippen molar-refractivity contribution in [3.05, 3.63) is 45.4 Å². The van der Waals surface area contributed by atoms with Crippen LogP contribution < -0.4 is 11.1 Å². The molecule has 0 aliphatic carbocycles. The number of nitrogens with zero attached hydrogens (tertiary/aromatic N) is 2. The van der Waals surface area contributed by atoms with Gasteiger partial charge in [-0.25, -0.2) is 9.37 Å². The summed E-state index contributed by atoms with van der Waals surface area (Å²) < 4.78 is 13.4. The van der Waals surface area contributed by atoms with Crippen molar-refractivity contribution in [2.75, 3.05) is 6.54 Å². The first-order valence-electron chi connectivity index (χ1n) is 6.15. The fraction of sp³-hybridized carbons (Fsp3) is 0.308. The summed E-state index contributed by atoms with van der Waals surface area (Å²) in [6.07, 6.45) is 2.13. The molecule has 3 N–H and O–H groups in total. The van der Waals surface area contributed by atoms with Gasteiger partial charge in [0.05, 0.1) is 22.9 Å². The molecular formula is C13H15FN4OS. The van der Waals surface area contributed by atoms with Crippen LogP contribution in [-0.4, -0.2) is 22.4 Å². The predicted molar refractivity (Wildman–Crippen MR) is 75.0 cm³/mol. The normalized spacial score (nSPS) is 10.6. The number of pyridine rings is 1. The summed E-state index contributed by atoms with van der Waals surface area (Å²) in [5.41, 5.74) is 6.34. The molecule has 106 valence electrons. The zero-order chi connectivity index (χ0) is 14.5. The monoisotopic (exact) mass is 294 g/mol. The van der Waals surface area contributed by atoms with Crippen LogP contribution in [0, 0.1) is 12.7 Å². The Hall–Kier alpha value is -1.86. The van der Waals surface area contributed by atoms with Crippen LogP contribution in [0.3, 0.4) is 0 Å². The average Bonchev–Trinajstić information content (AvgIpc) is 2.79. The Morgan fingerprint density at radius 3 is 3.05 bits per heavy atom. The maximum Gasteiger partial charge on any atom is 0.263 e. The summed E-state index contributed by atoms with van der Waals surface area (Å²) in [6, 6.07) is 2.82. The van der Waals surface area contributed by atoms with Crippen LogP contribution in [0.15, 0.2) is 18.3 Å². The number of hydrogen-bond donors (Lipinski definition) is 2. The third kappa shape index (κ3) is 3.37. The second kappa shape index (κ2) is 6.53. The third-order valence-corrected chi connectivity index (χ3v) is 3.87. The SMILES string of the molecule is Cc1nc(CCN)sc1C(=O)NCc1ncccc1F. The van der Waals surface area contributed by atoms with E-state index in [4.69, 9.17) is 5.73 Å². The minimum atomic E-state index is -0.433. The summed E-state index contributed by atoms with van der Waals surface area (Å²) in [4.78, 5) is 20.7. The highest BCUT2D eigenvalue weighted by Crippen LogP contribution is 2.18. The van der Waals surface area contributed by atoms with Gasteiger partial charge in [-0.3, -0.25) is 9.78 Å². The highest BCUT2D eigenvalue weighted by atomic mass is 32.1. The lowest BCUT2D eigenvalue weighted by Gasteiger charge is -2.04. The van der Waals surface area contributed by atoms with E-state index in [9.17, 15) is 9.18 Å². The number of nitrogens with two attached hydrogens (primary N) is 1.